The van der Waals surface area contributed by atoms with Crippen LogP contribution in [0.2, 0.25) is 0 Å². The fraction of sp³-hybridized carbons (Fsp3) is 0.391. The topological polar surface area (TPSA) is 93.4 Å². The van der Waals surface area contributed by atoms with E-state index in [9.17, 15) is 4.79 Å². The summed E-state index contributed by atoms with van der Waals surface area (Å²) in [5, 5.41) is 7.59. The van der Waals surface area contributed by atoms with Gasteiger partial charge < -0.3 is 19.5 Å². The molecule has 3 aromatic rings. The summed E-state index contributed by atoms with van der Waals surface area (Å²) < 4.78 is 10.9. The van der Waals surface area contributed by atoms with E-state index in [-0.39, 0.29) is 12.1 Å². The number of nitrogens with one attached hydrogen (secondary N) is 1. The monoisotopic (exact) mass is 421 g/mol. The summed E-state index contributed by atoms with van der Waals surface area (Å²) in [4.78, 5) is 23.1. The van der Waals surface area contributed by atoms with Crippen molar-refractivity contribution in [2.24, 2.45) is 0 Å². The number of likely N-dealkylation sites (tertiary alicyclic amines) is 1. The van der Waals surface area contributed by atoms with Crippen molar-refractivity contribution >= 4 is 12.0 Å². The van der Waals surface area contributed by atoms with E-state index in [1.165, 1.54) is 0 Å². The van der Waals surface area contributed by atoms with Crippen molar-refractivity contribution in [3.8, 4) is 22.5 Å². The molecule has 1 aromatic carbocycles. The van der Waals surface area contributed by atoms with Gasteiger partial charge >= 0.3 is 6.09 Å². The van der Waals surface area contributed by atoms with Gasteiger partial charge in [0.15, 0.2) is 0 Å². The van der Waals surface area contributed by atoms with E-state index < -0.39 is 5.60 Å². The third kappa shape index (κ3) is 4.84. The molecule has 1 atom stereocenters. The van der Waals surface area contributed by atoms with Crippen molar-refractivity contribution in [3.05, 3.63) is 48.4 Å². The highest BCUT2D eigenvalue weighted by molar-refractivity contribution is 5.80. The Kier molecular flexibility index (Phi) is 5.63. The van der Waals surface area contributed by atoms with Crippen LogP contribution in [-0.4, -0.2) is 50.9 Å². The van der Waals surface area contributed by atoms with Crippen LogP contribution in [0.25, 0.3) is 22.5 Å². The molecule has 0 spiro atoms. The quantitative estimate of drug-likeness (QED) is 0.661. The number of rotatable bonds is 4. The molecule has 0 aliphatic carbocycles. The molecule has 8 nitrogen and oxygen atoms in total. The second kappa shape index (κ2) is 8.37. The number of benzene rings is 1. The summed E-state index contributed by atoms with van der Waals surface area (Å²) >= 11 is 0. The Balaban J connectivity index is 1.50. The van der Waals surface area contributed by atoms with E-state index in [2.05, 4.69) is 15.5 Å². The minimum Gasteiger partial charge on any atom is -0.444 e. The van der Waals surface area contributed by atoms with Crippen LogP contribution in [0.5, 0.6) is 0 Å². The first-order valence-electron chi connectivity index (χ1n) is 10.4. The third-order valence-electron chi connectivity index (χ3n) is 4.99. The first-order chi connectivity index (χ1) is 14.8. The highest BCUT2D eigenvalue weighted by Crippen LogP contribution is 2.33. The largest absolute Gasteiger partial charge is 0.444 e. The van der Waals surface area contributed by atoms with Crippen molar-refractivity contribution < 1.29 is 14.1 Å². The van der Waals surface area contributed by atoms with Crippen LogP contribution in [-0.2, 0) is 4.74 Å². The number of hydrogen-bond donors (Lipinski definition) is 1. The lowest BCUT2D eigenvalue weighted by atomic mass is 10.0. The Hall–Kier alpha value is -3.42. The molecule has 31 heavy (non-hydrogen) atoms. The lowest BCUT2D eigenvalue weighted by Gasteiger charge is -2.24. The van der Waals surface area contributed by atoms with E-state index in [0.717, 1.165) is 28.9 Å². The van der Waals surface area contributed by atoms with Crippen LogP contribution in [0, 0.1) is 6.92 Å². The number of anilines is 1. The van der Waals surface area contributed by atoms with Crippen LogP contribution in [0.15, 0.2) is 47.1 Å². The summed E-state index contributed by atoms with van der Waals surface area (Å²) in [6.45, 7) is 8.66. The van der Waals surface area contributed by atoms with Gasteiger partial charge in [-0.15, -0.1) is 0 Å². The molecule has 8 heteroatoms. The summed E-state index contributed by atoms with van der Waals surface area (Å²) in [5.41, 5.74) is 2.79. The maximum atomic E-state index is 12.3. The normalized spacial score (nSPS) is 16.4. The first-order valence-corrected chi connectivity index (χ1v) is 10.4. The molecule has 1 amide bonds. The van der Waals surface area contributed by atoms with Gasteiger partial charge in [0.1, 0.15) is 17.1 Å². The predicted octanol–water partition coefficient (Wildman–Crippen LogP) is 4.53. The lowest BCUT2D eigenvalue weighted by molar-refractivity contribution is 0.0293. The molecule has 0 bridgehead atoms. The van der Waals surface area contributed by atoms with Gasteiger partial charge in [-0.25, -0.2) is 14.8 Å². The van der Waals surface area contributed by atoms with Gasteiger partial charge in [-0.3, -0.25) is 0 Å². The fourth-order valence-electron chi connectivity index (χ4n) is 3.59. The van der Waals surface area contributed by atoms with E-state index in [1.54, 1.807) is 11.1 Å². The van der Waals surface area contributed by atoms with Crippen molar-refractivity contribution in [3.63, 3.8) is 0 Å². The third-order valence-corrected chi connectivity index (χ3v) is 4.99. The van der Waals surface area contributed by atoms with Gasteiger partial charge in [-0.2, -0.15) is 0 Å². The molecule has 2 aromatic heterocycles. The Labute approximate surface area is 181 Å². The highest BCUT2D eigenvalue weighted by Gasteiger charge is 2.30. The fourth-order valence-corrected chi connectivity index (χ4v) is 3.59. The average molecular weight is 422 g/mol. The summed E-state index contributed by atoms with van der Waals surface area (Å²) in [5.74, 6) is 1.20. The Morgan fingerprint density at radius 3 is 2.74 bits per heavy atom. The second-order valence-electron chi connectivity index (χ2n) is 8.65. The second-order valence-corrected chi connectivity index (χ2v) is 8.65. The van der Waals surface area contributed by atoms with Crippen molar-refractivity contribution in [1.29, 1.82) is 0 Å². The molecular weight excluding hydrogens is 394 g/mol. The van der Waals surface area contributed by atoms with Crippen LogP contribution >= 0.6 is 0 Å². The smallest absolute Gasteiger partial charge is 0.410 e. The zero-order chi connectivity index (χ0) is 22.0. The number of carbonyl (C=O) groups is 1. The molecule has 3 heterocycles. The van der Waals surface area contributed by atoms with Crippen molar-refractivity contribution in [1.82, 2.24) is 20.0 Å². The van der Waals surface area contributed by atoms with Crippen LogP contribution in [0.4, 0.5) is 10.7 Å². The van der Waals surface area contributed by atoms with E-state index in [4.69, 9.17) is 14.2 Å². The molecule has 1 N–H and O–H groups in total. The van der Waals surface area contributed by atoms with Gasteiger partial charge in [0, 0.05) is 30.9 Å². The Bertz CT molecular complexity index is 1060. The molecule has 162 valence electrons. The number of amides is 1. The number of aromatic nitrogens is 3. The standard InChI is InChI=1S/C23H27N5O3/c1-15-19(20(27-31-15)16-8-6-5-7-9-16)18-10-12-24-21(26-18)25-17-11-13-28(14-17)22(29)30-23(2,3)4/h5-10,12,17H,11,13-14H2,1-4H3,(H,24,25,26)/t17-/m1/s1. The zero-order valence-corrected chi connectivity index (χ0v) is 18.3. The van der Waals surface area contributed by atoms with E-state index >= 15 is 0 Å². The Morgan fingerprint density at radius 2 is 2.00 bits per heavy atom. The maximum absolute atomic E-state index is 12.3. The summed E-state index contributed by atoms with van der Waals surface area (Å²) in [6, 6.07) is 11.8. The number of carbonyl (C=O) groups excluding carboxylic acids is 1. The highest BCUT2D eigenvalue weighted by atomic mass is 16.6. The molecule has 0 radical (unpaired) electrons. The van der Waals surface area contributed by atoms with Crippen molar-refractivity contribution in [2.45, 2.75) is 45.8 Å². The first kappa shape index (κ1) is 20.8. The van der Waals surface area contributed by atoms with Gasteiger partial charge in [-0.05, 0) is 40.2 Å². The van der Waals surface area contributed by atoms with Gasteiger partial charge in [-0.1, -0.05) is 35.5 Å². The molecule has 1 fully saturated rings. The molecule has 0 saturated carbocycles. The van der Waals surface area contributed by atoms with Crippen LogP contribution in [0.3, 0.4) is 0 Å². The summed E-state index contributed by atoms with van der Waals surface area (Å²) in [7, 11) is 0. The van der Waals surface area contributed by atoms with Gasteiger partial charge in [0.05, 0.1) is 11.3 Å². The lowest BCUT2D eigenvalue weighted by Crippen LogP contribution is -2.36. The summed E-state index contributed by atoms with van der Waals surface area (Å²) in [6.07, 6.45) is 2.22. The molecular formula is C23H27N5O3. The van der Waals surface area contributed by atoms with E-state index in [0.29, 0.717) is 24.8 Å². The molecule has 1 aliphatic rings. The molecule has 4 rings (SSSR count). The Morgan fingerprint density at radius 1 is 1.23 bits per heavy atom. The minimum absolute atomic E-state index is 0.0555. The van der Waals surface area contributed by atoms with Gasteiger partial charge in [0.2, 0.25) is 5.95 Å². The number of ether oxygens (including phenoxy) is 1. The van der Waals surface area contributed by atoms with Gasteiger partial charge in [0.25, 0.3) is 0 Å². The predicted molar refractivity (Wildman–Crippen MR) is 118 cm³/mol. The molecule has 1 aliphatic heterocycles. The van der Waals surface area contributed by atoms with Crippen LogP contribution in [0.1, 0.15) is 33.0 Å². The molecule has 0 unspecified atom stereocenters. The zero-order valence-electron chi connectivity index (χ0n) is 18.3. The maximum Gasteiger partial charge on any atom is 0.410 e. The SMILES string of the molecule is Cc1onc(-c2ccccc2)c1-c1ccnc(N[C@@H]2CCN(C(=O)OC(C)(C)C)C2)n1. The van der Waals surface area contributed by atoms with Crippen molar-refractivity contribution in [2.75, 3.05) is 18.4 Å². The minimum atomic E-state index is -0.507. The number of aryl methyl sites for hydroxylation is 1. The molecule has 1 saturated heterocycles. The van der Waals surface area contributed by atoms with E-state index in [1.807, 2.05) is 64.1 Å². The van der Waals surface area contributed by atoms with Crippen LogP contribution < -0.4 is 5.32 Å². The number of nitrogens with zero attached hydrogens (tertiary/aromatic N) is 4. The number of hydrogen-bond acceptors (Lipinski definition) is 7. The average Bonchev–Trinajstić information content (AvgIpc) is 3.34.